The van der Waals surface area contributed by atoms with Crippen LogP contribution in [-0.2, 0) is 16.8 Å². The molecule has 108 valence electrons. The van der Waals surface area contributed by atoms with Crippen molar-refractivity contribution in [2.75, 3.05) is 26.7 Å². The summed E-state index contributed by atoms with van der Waals surface area (Å²) >= 11 is 1.45. The summed E-state index contributed by atoms with van der Waals surface area (Å²) in [7, 11) is -1.49. The number of hydrogen-bond donors (Lipinski definition) is 2. The molecule has 1 aromatic heterocycles. The smallest absolute Gasteiger partial charge is 0.279 e. The summed E-state index contributed by atoms with van der Waals surface area (Å²) < 4.78 is 28.6. The number of rotatable bonds is 6. The highest BCUT2D eigenvalue weighted by Crippen LogP contribution is 2.18. The lowest BCUT2D eigenvalue weighted by Crippen LogP contribution is -2.47. The fraction of sp³-hybridized carbons (Fsp3) is 0.727. The van der Waals surface area contributed by atoms with E-state index >= 15 is 0 Å². The molecule has 1 atom stereocenters. The molecule has 0 bridgehead atoms. The van der Waals surface area contributed by atoms with E-state index in [2.05, 4.69) is 15.0 Å². The maximum Gasteiger partial charge on any atom is 0.279 e. The second kappa shape index (κ2) is 6.76. The molecule has 1 aliphatic rings. The predicted octanol–water partition coefficient (Wildman–Crippen LogP) is 0.409. The molecular weight excluding hydrogens is 284 g/mol. The van der Waals surface area contributed by atoms with Gasteiger partial charge in [0.15, 0.2) is 0 Å². The second-order valence-corrected chi connectivity index (χ2v) is 7.41. The van der Waals surface area contributed by atoms with Gasteiger partial charge in [-0.1, -0.05) is 0 Å². The van der Waals surface area contributed by atoms with E-state index in [1.807, 2.05) is 12.4 Å². The van der Waals surface area contributed by atoms with E-state index in [0.29, 0.717) is 19.0 Å². The van der Waals surface area contributed by atoms with Crippen molar-refractivity contribution in [3.05, 3.63) is 16.6 Å². The van der Waals surface area contributed by atoms with Crippen LogP contribution in [0.4, 0.5) is 0 Å². The molecule has 19 heavy (non-hydrogen) atoms. The summed E-state index contributed by atoms with van der Waals surface area (Å²) in [6.45, 7) is 2.33. The van der Waals surface area contributed by atoms with Crippen LogP contribution in [0.15, 0.2) is 11.6 Å². The van der Waals surface area contributed by atoms with E-state index in [9.17, 15) is 8.42 Å². The van der Waals surface area contributed by atoms with Crippen molar-refractivity contribution in [2.24, 2.45) is 5.92 Å². The number of aromatic nitrogens is 1. The molecule has 0 saturated carbocycles. The fourth-order valence-electron chi connectivity index (χ4n) is 2.28. The Bertz CT molecular complexity index is 473. The maximum absolute atomic E-state index is 12.2. The molecule has 2 rings (SSSR count). The average Bonchev–Trinajstić information content (AvgIpc) is 2.90. The van der Waals surface area contributed by atoms with Crippen molar-refractivity contribution in [3.63, 3.8) is 0 Å². The zero-order valence-corrected chi connectivity index (χ0v) is 12.6. The minimum absolute atomic E-state index is 0.271. The topological polar surface area (TPSA) is 74.3 Å². The standard InChI is InChI=1S/C11H20N4O2S2/c1-12-7-10-3-2-5-15(9-10)19(16,17)14-8-11-13-4-6-18-11/h4,6,10,12,14H,2-3,5,7-9H2,1H3. The van der Waals surface area contributed by atoms with Crippen molar-refractivity contribution >= 4 is 21.5 Å². The van der Waals surface area contributed by atoms with Crippen LogP contribution in [0.5, 0.6) is 0 Å². The monoisotopic (exact) mass is 304 g/mol. The molecule has 8 heteroatoms. The third-order valence-electron chi connectivity index (χ3n) is 3.20. The van der Waals surface area contributed by atoms with E-state index in [1.54, 1.807) is 10.5 Å². The Labute approximate surface area is 118 Å². The van der Waals surface area contributed by atoms with Crippen LogP contribution in [0.25, 0.3) is 0 Å². The van der Waals surface area contributed by atoms with Crippen molar-refractivity contribution in [1.29, 1.82) is 0 Å². The van der Waals surface area contributed by atoms with E-state index in [1.165, 1.54) is 11.3 Å². The Morgan fingerprint density at radius 3 is 3.11 bits per heavy atom. The van der Waals surface area contributed by atoms with E-state index in [4.69, 9.17) is 0 Å². The van der Waals surface area contributed by atoms with Gasteiger partial charge in [0.2, 0.25) is 0 Å². The van der Waals surface area contributed by atoms with E-state index in [0.717, 1.165) is 24.4 Å². The highest BCUT2D eigenvalue weighted by atomic mass is 32.2. The van der Waals surface area contributed by atoms with Crippen molar-refractivity contribution in [1.82, 2.24) is 19.3 Å². The first-order chi connectivity index (χ1) is 9.12. The Balaban J connectivity index is 1.91. The van der Waals surface area contributed by atoms with Crippen molar-refractivity contribution in [2.45, 2.75) is 19.4 Å². The van der Waals surface area contributed by atoms with Gasteiger partial charge >= 0.3 is 0 Å². The lowest BCUT2D eigenvalue weighted by atomic mass is 10.00. The van der Waals surface area contributed by atoms with Crippen molar-refractivity contribution < 1.29 is 8.42 Å². The fourth-order valence-corrected chi connectivity index (χ4v) is 4.21. The molecule has 1 aliphatic heterocycles. The summed E-state index contributed by atoms with van der Waals surface area (Å²) in [5, 5.41) is 5.74. The van der Waals surface area contributed by atoms with Crippen LogP contribution in [-0.4, -0.2) is 44.4 Å². The molecule has 0 aromatic carbocycles. The first-order valence-electron chi connectivity index (χ1n) is 6.39. The Morgan fingerprint density at radius 1 is 1.58 bits per heavy atom. The van der Waals surface area contributed by atoms with Crippen LogP contribution >= 0.6 is 11.3 Å². The summed E-state index contributed by atoms with van der Waals surface area (Å²) in [5.41, 5.74) is 0. The van der Waals surface area contributed by atoms with Crippen LogP contribution in [0.2, 0.25) is 0 Å². The van der Waals surface area contributed by atoms with E-state index in [-0.39, 0.29) is 6.54 Å². The second-order valence-electron chi connectivity index (χ2n) is 4.68. The zero-order chi connectivity index (χ0) is 13.7. The summed E-state index contributed by atoms with van der Waals surface area (Å²) in [6, 6.07) is 0. The SMILES string of the molecule is CNCC1CCCN(S(=O)(=O)NCc2nccs2)C1. The van der Waals surface area contributed by atoms with Crippen LogP contribution in [0.3, 0.4) is 0 Å². The molecule has 6 nitrogen and oxygen atoms in total. The molecule has 1 fully saturated rings. The highest BCUT2D eigenvalue weighted by molar-refractivity contribution is 7.87. The van der Waals surface area contributed by atoms with Gasteiger partial charge in [-0.2, -0.15) is 17.4 Å². The molecule has 2 N–H and O–H groups in total. The first-order valence-corrected chi connectivity index (χ1v) is 8.71. The molecule has 1 saturated heterocycles. The van der Waals surface area contributed by atoms with Gasteiger partial charge in [-0.05, 0) is 32.4 Å². The Hall–Kier alpha value is -0.540. The number of piperidine rings is 1. The normalized spacial score (nSPS) is 21.6. The molecular formula is C11H20N4O2S2. The third kappa shape index (κ3) is 4.22. The number of nitrogens with zero attached hydrogens (tertiary/aromatic N) is 2. The van der Waals surface area contributed by atoms with E-state index < -0.39 is 10.2 Å². The molecule has 0 radical (unpaired) electrons. The van der Waals surface area contributed by atoms with Crippen LogP contribution < -0.4 is 10.0 Å². The van der Waals surface area contributed by atoms with Gasteiger partial charge in [-0.15, -0.1) is 11.3 Å². The molecule has 0 aliphatic carbocycles. The lowest BCUT2D eigenvalue weighted by molar-refractivity contribution is 0.261. The van der Waals surface area contributed by atoms with Gasteiger partial charge in [0.1, 0.15) is 5.01 Å². The minimum Gasteiger partial charge on any atom is -0.319 e. The zero-order valence-electron chi connectivity index (χ0n) is 11.0. The minimum atomic E-state index is -3.39. The van der Waals surface area contributed by atoms with Gasteiger partial charge in [-0.3, -0.25) is 0 Å². The summed E-state index contributed by atoms with van der Waals surface area (Å²) in [6.07, 6.45) is 3.68. The maximum atomic E-state index is 12.2. The molecule has 0 amide bonds. The average molecular weight is 304 g/mol. The quantitative estimate of drug-likeness (QED) is 0.798. The predicted molar refractivity (Wildman–Crippen MR) is 76.1 cm³/mol. The van der Waals surface area contributed by atoms with Crippen molar-refractivity contribution in [3.8, 4) is 0 Å². The molecule has 2 heterocycles. The summed E-state index contributed by atoms with van der Waals surface area (Å²) in [4.78, 5) is 4.07. The number of hydrogen-bond acceptors (Lipinski definition) is 5. The lowest BCUT2D eigenvalue weighted by Gasteiger charge is -2.31. The highest BCUT2D eigenvalue weighted by Gasteiger charge is 2.28. The molecule has 1 unspecified atom stereocenters. The van der Waals surface area contributed by atoms with Crippen LogP contribution in [0.1, 0.15) is 17.8 Å². The van der Waals surface area contributed by atoms with Crippen LogP contribution in [0, 0.1) is 5.92 Å². The van der Waals surface area contributed by atoms with Gasteiger partial charge in [0, 0.05) is 24.7 Å². The first kappa shape index (κ1) is 14.9. The van der Waals surface area contributed by atoms with Gasteiger partial charge < -0.3 is 5.32 Å². The number of nitrogens with one attached hydrogen (secondary N) is 2. The summed E-state index contributed by atoms with van der Waals surface area (Å²) in [5.74, 6) is 0.398. The Kier molecular flexibility index (Phi) is 5.28. The largest absolute Gasteiger partial charge is 0.319 e. The Morgan fingerprint density at radius 2 is 2.42 bits per heavy atom. The molecule has 1 aromatic rings. The van der Waals surface area contributed by atoms with Gasteiger partial charge in [-0.25, -0.2) is 4.98 Å². The molecule has 0 spiro atoms. The number of thiazole rings is 1. The van der Waals surface area contributed by atoms with Gasteiger partial charge in [0.05, 0.1) is 6.54 Å². The third-order valence-corrected chi connectivity index (χ3v) is 5.50. The van der Waals surface area contributed by atoms with Gasteiger partial charge in [0.25, 0.3) is 10.2 Å².